The van der Waals surface area contributed by atoms with E-state index in [-0.39, 0.29) is 35.6 Å². The number of hydrogen-bond acceptors (Lipinski definition) is 5. The molecule has 0 bridgehead atoms. The largest absolute Gasteiger partial charge is 0.490 e. The Bertz CT molecular complexity index is 673. The Hall–Kier alpha value is -1.86. The molecule has 0 aliphatic rings. The van der Waals surface area contributed by atoms with Crippen molar-refractivity contribution < 1.29 is 23.0 Å². The van der Waals surface area contributed by atoms with Crippen LogP contribution in [0.4, 0.5) is 8.78 Å². The van der Waals surface area contributed by atoms with Crippen molar-refractivity contribution >= 4 is 29.3 Å². The van der Waals surface area contributed by atoms with Crippen molar-refractivity contribution in [3.8, 4) is 5.75 Å². The molecule has 2 aromatic rings. The van der Waals surface area contributed by atoms with E-state index in [0.29, 0.717) is 10.8 Å². The maximum atomic E-state index is 12.4. The number of pyridine rings is 1. The first-order valence-corrected chi connectivity index (χ1v) is 7.77. The molecule has 0 atom stereocenters. The van der Waals surface area contributed by atoms with Gasteiger partial charge >= 0.3 is 5.97 Å². The Morgan fingerprint density at radius 3 is 2.83 bits per heavy atom. The van der Waals surface area contributed by atoms with Gasteiger partial charge in [0.15, 0.2) is 0 Å². The van der Waals surface area contributed by atoms with Gasteiger partial charge in [0.25, 0.3) is 5.76 Å². The number of hydrogen-bond donors (Lipinski definition) is 0. The van der Waals surface area contributed by atoms with E-state index in [1.54, 1.807) is 24.3 Å². The molecule has 0 amide bonds. The third kappa shape index (κ3) is 5.69. The van der Waals surface area contributed by atoms with E-state index < -0.39 is 11.7 Å². The van der Waals surface area contributed by atoms with Crippen molar-refractivity contribution in [3.05, 3.63) is 53.2 Å². The van der Waals surface area contributed by atoms with E-state index in [4.69, 9.17) is 21.1 Å². The van der Waals surface area contributed by atoms with Crippen LogP contribution in [0.15, 0.2) is 47.6 Å². The molecule has 4 nitrogen and oxygen atoms in total. The van der Waals surface area contributed by atoms with Gasteiger partial charge in [-0.2, -0.15) is 8.78 Å². The molecule has 1 aromatic carbocycles. The van der Waals surface area contributed by atoms with Gasteiger partial charge in [0.1, 0.15) is 24.0 Å². The molecule has 0 fully saturated rings. The van der Waals surface area contributed by atoms with Crippen LogP contribution in [0, 0.1) is 0 Å². The van der Waals surface area contributed by atoms with Crippen LogP contribution in [-0.2, 0) is 4.74 Å². The number of esters is 1. The standard InChI is InChI=1S/C15H12ClF2NO3S/c16-10-3-1-4-11(9-10)21-7-8-22-14(20)12-5-2-6-19-13(12)23-15(17)18/h1-6,9,15H,7-8H2. The van der Waals surface area contributed by atoms with Crippen LogP contribution in [0.25, 0.3) is 0 Å². The number of carbonyl (C=O) groups is 1. The Labute approximate surface area is 140 Å². The molecular weight excluding hydrogens is 348 g/mol. The lowest BCUT2D eigenvalue weighted by Gasteiger charge is -2.09. The predicted molar refractivity (Wildman–Crippen MR) is 83.3 cm³/mol. The highest BCUT2D eigenvalue weighted by Gasteiger charge is 2.17. The summed E-state index contributed by atoms with van der Waals surface area (Å²) >= 11 is 6.01. The third-order valence-corrected chi connectivity index (χ3v) is 3.53. The van der Waals surface area contributed by atoms with Gasteiger partial charge in [-0.3, -0.25) is 0 Å². The summed E-state index contributed by atoms with van der Waals surface area (Å²) in [6, 6.07) is 9.65. The lowest BCUT2D eigenvalue weighted by atomic mass is 10.3. The highest BCUT2D eigenvalue weighted by Crippen LogP contribution is 2.26. The van der Waals surface area contributed by atoms with Gasteiger partial charge in [-0.05, 0) is 42.1 Å². The number of ether oxygens (including phenoxy) is 2. The molecule has 0 saturated carbocycles. The van der Waals surface area contributed by atoms with Crippen molar-refractivity contribution in [3.63, 3.8) is 0 Å². The van der Waals surface area contributed by atoms with Crippen molar-refractivity contribution in [1.82, 2.24) is 4.98 Å². The van der Waals surface area contributed by atoms with Crippen LogP contribution >= 0.6 is 23.4 Å². The fourth-order valence-electron chi connectivity index (χ4n) is 1.65. The lowest BCUT2D eigenvalue weighted by Crippen LogP contribution is -2.13. The van der Waals surface area contributed by atoms with E-state index >= 15 is 0 Å². The normalized spacial score (nSPS) is 10.6. The van der Waals surface area contributed by atoms with E-state index in [1.165, 1.54) is 18.3 Å². The van der Waals surface area contributed by atoms with Crippen molar-refractivity contribution in [2.45, 2.75) is 10.8 Å². The summed E-state index contributed by atoms with van der Waals surface area (Å²) in [4.78, 5) is 15.7. The van der Waals surface area contributed by atoms with Gasteiger partial charge in [0.05, 0.1) is 5.56 Å². The van der Waals surface area contributed by atoms with Gasteiger partial charge in [-0.15, -0.1) is 0 Å². The lowest BCUT2D eigenvalue weighted by molar-refractivity contribution is 0.0445. The fourth-order valence-corrected chi connectivity index (χ4v) is 2.40. The minimum Gasteiger partial charge on any atom is -0.490 e. The second-order valence-corrected chi connectivity index (χ2v) is 5.59. The zero-order chi connectivity index (χ0) is 16.7. The molecule has 0 aliphatic carbocycles. The number of nitrogens with zero attached hydrogens (tertiary/aromatic N) is 1. The summed E-state index contributed by atoms with van der Waals surface area (Å²) in [5.41, 5.74) is 0.000514. The van der Waals surface area contributed by atoms with Gasteiger partial charge in [0, 0.05) is 11.2 Å². The molecule has 8 heteroatoms. The quantitative estimate of drug-likeness (QED) is 0.419. The molecule has 0 spiro atoms. The molecule has 2 rings (SSSR count). The molecule has 0 radical (unpaired) electrons. The van der Waals surface area contributed by atoms with Crippen molar-refractivity contribution in [2.75, 3.05) is 13.2 Å². The second-order valence-electron chi connectivity index (χ2n) is 4.18. The van der Waals surface area contributed by atoms with Crippen LogP contribution in [0.3, 0.4) is 0 Å². The smallest absolute Gasteiger partial charge is 0.341 e. The average Bonchev–Trinajstić information content (AvgIpc) is 2.51. The fraction of sp³-hybridized carbons (Fsp3) is 0.200. The molecule has 0 aliphatic heterocycles. The first-order valence-electron chi connectivity index (χ1n) is 6.51. The van der Waals surface area contributed by atoms with E-state index in [2.05, 4.69) is 4.98 Å². The number of carbonyl (C=O) groups excluding carboxylic acids is 1. The van der Waals surface area contributed by atoms with Gasteiger partial charge in [-0.1, -0.05) is 17.7 Å². The monoisotopic (exact) mass is 359 g/mol. The highest BCUT2D eigenvalue weighted by atomic mass is 35.5. The summed E-state index contributed by atoms with van der Waals surface area (Å²) in [5.74, 6) is -2.84. The zero-order valence-electron chi connectivity index (χ0n) is 11.7. The Morgan fingerprint density at radius 1 is 1.26 bits per heavy atom. The minimum absolute atomic E-state index is 0.000514. The number of halogens is 3. The van der Waals surface area contributed by atoms with Crippen LogP contribution in [0.5, 0.6) is 5.75 Å². The van der Waals surface area contributed by atoms with Gasteiger partial charge in [-0.25, -0.2) is 9.78 Å². The third-order valence-electron chi connectivity index (χ3n) is 2.57. The van der Waals surface area contributed by atoms with E-state index in [9.17, 15) is 13.6 Å². The number of rotatable bonds is 7. The van der Waals surface area contributed by atoms with Crippen LogP contribution in [0.2, 0.25) is 5.02 Å². The summed E-state index contributed by atoms with van der Waals surface area (Å²) in [7, 11) is 0. The molecule has 1 heterocycles. The Kier molecular flexibility index (Phi) is 6.61. The molecule has 0 unspecified atom stereocenters. The van der Waals surface area contributed by atoms with Gasteiger partial charge < -0.3 is 9.47 Å². The maximum Gasteiger partial charge on any atom is 0.341 e. The number of thioether (sulfide) groups is 1. The topological polar surface area (TPSA) is 48.4 Å². The molecular formula is C15H12ClF2NO3S. The van der Waals surface area contributed by atoms with E-state index in [0.717, 1.165) is 0 Å². The molecule has 23 heavy (non-hydrogen) atoms. The highest BCUT2D eigenvalue weighted by molar-refractivity contribution is 7.99. The molecule has 1 aromatic heterocycles. The van der Waals surface area contributed by atoms with Crippen molar-refractivity contribution in [2.24, 2.45) is 0 Å². The zero-order valence-corrected chi connectivity index (χ0v) is 13.3. The van der Waals surface area contributed by atoms with Crippen LogP contribution in [-0.4, -0.2) is 29.9 Å². The summed E-state index contributed by atoms with van der Waals surface area (Å²) in [6.07, 6.45) is 1.34. The van der Waals surface area contributed by atoms with Crippen LogP contribution < -0.4 is 4.74 Å². The summed E-state index contributed by atoms with van der Waals surface area (Å²) < 4.78 is 35.2. The number of alkyl halides is 2. The number of benzene rings is 1. The van der Waals surface area contributed by atoms with Gasteiger partial charge in [0.2, 0.25) is 0 Å². The maximum absolute atomic E-state index is 12.4. The summed E-state index contributed by atoms with van der Waals surface area (Å²) in [5, 5.41) is 0.465. The average molecular weight is 360 g/mol. The first kappa shape index (κ1) is 17.5. The Balaban J connectivity index is 1.85. The molecule has 0 N–H and O–H groups in total. The summed E-state index contributed by atoms with van der Waals surface area (Å²) in [6.45, 7) is 0.0860. The predicted octanol–water partition coefficient (Wildman–Crippen LogP) is 4.29. The van der Waals surface area contributed by atoms with E-state index in [1.807, 2.05) is 0 Å². The molecule has 0 saturated heterocycles. The number of aromatic nitrogens is 1. The minimum atomic E-state index is -2.66. The second kappa shape index (κ2) is 8.69. The SMILES string of the molecule is O=C(OCCOc1cccc(Cl)c1)c1cccnc1SC(F)F. The van der Waals surface area contributed by atoms with Crippen molar-refractivity contribution in [1.29, 1.82) is 0 Å². The Morgan fingerprint density at radius 2 is 2.09 bits per heavy atom. The molecule has 122 valence electrons. The first-order chi connectivity index (χ1) is 11.1. The van der Waals surface area contributed by atoms with Crippen LogP contribution in [0.1, 0.15) is 10.4 Å².